The second kappa shape index (κ2) is 5.46. The Morgan fingerprint density at radius 2 is 2.29 bits per heavy atom. The van der Waals surface area contributed by atoms with E-state index in [1.165, 1.54) is 0 Å². The van der Waals surface area contributed by atoms with E-state index in [1.54, 1.807) is 11.3 Å². The number of hydrogen-bond donors (Lipinski definition) is 1. The highest BCUT2D eigenvalue weighted by atomic mass is 32.2. The molecule has 2 rings (SSSR count). The topological polar surface area (TPSA) is 73.1 Å². The number of aromatic nitrogens is 1. The van der Waals surface area contributed by atoms with E-state index in [0.717, 1.165) is 36.4 Å². The van der Waals surface area contributed by atoms with Gasteiger partial charge in [0, 0.05) is 18.2 Å². The molecular weight excluding hydrogens is 256 g/mol. The van der Waals surface area contributed by atoms with Crippen molar-refractivity contribution in [3.63, 3.8) is 0 Å². The molecule has 0 bridgehead atoms. The van der Waals surface area contributed by atoms with Crippen LogP contribution in [0.5, 0.6) is 0 Å². The summed E-state index contributed by atoms with van der Waals surface area (Å²) in [7, 11) is -2.88. The fourth-order valence-corrected chi connectivity index (χ4v) is 5.04. The van der Waals surface area contributed by atoms with Gasteiger partial charge in [0.1, 0.15) is 0 Å². The van der Waals surface area contributed by atoms with Crippen molar-refractivity contribution in [2.75, 3.05) is 12.3 Å². The Labute approximate surface area is 106 Å². The van der Waals surface area contributed by atoms with Crippen LogP contribution < -0.4 is 5.73 Å². The summed E-state index contributed by atoms with van der Waals surface area (Å²) in [6.45, 7) is 0.588. The third kappa shape index (κ3) is 3.26. The van der Waals surface area contributed by atoms with E-state index >= 15 is 0 Å². The fraction of sp³-hybridized carbons (Fsp3) is 0.727. The molecule has 0 amide bonds. The van der Waals surface area contributed by atoms with Gasteiger partial charge in [-0.25, -0.2) is 13.4 Å². The van der Waals surface area contributed by atoms with Crippen LogP contribution in [0.25, 0.3) is 0 Å². The second-order valence-corrected chi connectivity index (χ2v) is 7.80. The van der Waals surface area contributed by atoms with Crippen LogP contribution in [0.15, 0.2) is 5.38 Å². The van der Waals surface area contributed by atoms with Gasteiger partial charge in [-0.3, -0.25) is 0 Å². The quantitative estimate of drug-likeness (QED) is 0.894. The van der Waals surface area contributed by atoms with E-state index in [1.807, 2.05) is 5.38 Å². The summed E-state index contributed by atoms with van der Waals surface area (Å²) in [5.74, 6) is 0.346. The highest BCUT2D eigenvalue weighted by Crippen LogP contribution is 2.24. The van der Waals surface area contributed by atoms with Gasteiger partial charge in [-0.05, 0) is 19.4 Å². The normalized spacial score (nSPS) is 23.7. The SMILES string of the molecule is NCCc1csc(CC2CCCCS2(=O)=O)n1. The molecule has 0 spiro atoms. The third-order valence-electron chi connectivity index (χ3n) is 3.11. The van der Waals surface area contributed by atoms with Gasteiger partial charge in [0.05, 0.1) is 21.7 Å². The van der Waals surface area contributed by atoms with E-state index < -0.39 is 9.84 Å². The molecule has 2 heterocycles. The lowest BCUT2D eigenvalue weighted by atomic mass is 10.1. The molecule has 0 aromatic carbocycles. The molecule has 1 atom stereocenters. The van der Waals surface area contributed by atoms with E-state index in [9.17, 15) is 8.42 Å². The van der Waals surface area contributed by atoms with Crippen molar-refractivity contribution in [2.24, 2.45) is 5.73 Å². The number of nitrogens with zero attached hydrogens (tertiary/aromatic N) is 1. The Morgan fingerprint density at radius 1 is 1.47 bits per heavy atom. The highest BCUT2D eigenvalue weighted by molar-refractivity contribution is 7.92. The number of thiazole rings is 1. The molecule has 6 heteroatoms. The molecule has 1 fully saturated rings. The Hall–Kier alpha value is -0.460. The number of sulfone groups is 1. The molecule has 4 nitrogen and oxygen atoms in total. The Balaban J connectivity index is 2.04. The monoisotopic (exact) mass is 274 g/mol. The van der Waals surface area contributed by atoms with Crippen LogP contribution in [0.4, 0.5) is 0 Å². The van der Waals surface area contributed by atoms with Gasteiger partial charge in [0.2, 0.25) is 0 Å². The van der Waals surface area contributed by atoms with E-state index in [0.29, 0.717) is 18.7 Å². The summed E-state index contributed by atoms with van der Waals surface area (Å²) < 4.78 is 23.8. The van der Waals surface area contributed by atoms with Gasteiger partial charge >= 0.3 is 0 Å². The standard InChI is InChI=1S/C11H18N2O2S2/c12-5-4-9-8-16-11(13-9)7-10-3-1-2-6-17(10,14)15/h8,10H,1-7,12H2. The van der Waals surface area contributed by atoms with Crippen LogP contribution in [0, 0.1) is 0 Å². The number of hydrogen-bond acceptors (Lipinski definition) is 5. The minimum atomic E-state index is -2.88. The van der Waals surface area contributed by atoms with Crippen molar-refractivity contribution in [2.45, 2.75) is 37.4 Å². The molecule has 1 unspecified atom stereocenters. The lowest BCUT2D eigenvalue weighted by molar-refractivity contribution is 0.537. The molecule has 1 aliphatic heterocycles. The van der Waals surface area contributed by atoms with Crippen molar-refractivity contribution < 1.29 is 8.42 Å². The van der Waals surface area contributed by atoms with Crippen LogP contribution in [-0.4, -0.2) is 30.9 Å². The largest absolute Gasteiger partial charge is 0.330 e. The molecule has 1 saturated heterocycles. The molecule has 1 aliphatic rings. The Bertz CT molecular complexity index is 468. The summed E-state index contributed by atoms with van der Waals surface area (Å²) in [6.07, 6.45) is 3.97. The van der Waals surface area contributed by atoms with Crippen molar-refractivity contribution in [3.8, 4) is 0 Å². The van der Waals surface area contributed by atoms with E-state index in [2.05, 4.69) is 4.98 Å². The number of nitrogens with two attached hydrogens (primary N) is 1. The van der Waals surface area contributed by atoms with Gasteiger partial charge in [-0.2, -0.15) is 0 Å². The van der Waals surface area contributed by atoms with Crippen molar-refractivity contribution in [1.82, 2.24) is 4.98 Å². The van der Waals surface area contributed by atoms with Gasteiger partial charge < -0.3 is 5.73 Å². The Kier molecular flexibility index (Phi) is 4.17. The summed E-state index contributed by atoms with van der Waals surface area (Å²) in [5, 5.41) is 2.70. The van der Waals surface area contributed by atoms with E-state index in [-0.39, 0.29) is 5.25 Å². The third-order valence-corrected chi connectivity index (χ3v) is 6.31. The number of rotatable bonds is 4. The predicted molar refractivity (Wildman–Crippen MR) is 70.0 cm³/mol. The van der Waals surface area contributed by atoms with E-state index in [4.69, 9.17) is 5.73 Å². The first-order valence-electron chi connectivity index (χ1n) is 5.97. The zero-order chi connectivity index (χ0) is 12.3. The summed E-state index contributed by atoms with van der Waals surface area (Å²) in [4.78, 5) is 4.43. The molecule has 17 heavy (non-hydrogen) atoms. The molecule has 1 aromatic heterocycles. The highest BCUT2D eigenvalue weighted by Gasteiger charge is 2.29. The average molecular weight is 274 g/mol. The zero-order valence-corrected chi connectivity index (χ0v) is 11.4. The first-order chi connectivity index (χ1) is 8.12. The smallest absolute Gasteiger partial charge is 0.153 e. The first kappa shape index (κ1) is 13.0. The van der Waals surface area contributed by atoms with Gasteiger partial charge in [-0.15, -0.1) is 11.3 Å². The van der Waals surface area contributed by atoms with Crippen LogP contribution >= 0.6 is 11.3 Å². The average Bonchev–Trinajstić information content (AvgIpc) is 2.70. The lowest BCUT2D eigenvalue weighted by Crippen LogP contribution is -2.30. The van der Waals surface area contributed by atoms with Crippen LogP contribution in [0.1, 0.15) is 30.0 Å². The molecule has 0 radical (unpaired) electrons. The van der Waals surface area contributed by atoms with Gasteiger partial charge in [0.25, 0.3) is 0 Å². The molecule has 1 aromatic rings. The maximum absolute atomic E-state index is 11.9. The fourth-order valence-electron chi connectivity index (χ4n) is 2.15. The van der Waals surface area contributed by atoms with Crippen molar-refractivity contribution in [1.29, 1.82) is 0 Å². The first-order valence-corrected chi connectivity index (χ1v) is 8.56. The molecular formula is C11H18N2O2S2. The van der Waals surface area contributed by atoms with Crippen LogP contribution in [0.2, 0.25) is 0 Å². The molecule has 0 saturated carbocycles. The maximum Gasteiger partial charge on any atom is 0.153 e. The zero-order valence-electron chi connectivity index (χ0n) is 9.76. The Morgan fingerprint density at radius 3 is 3.00 bits per heavy atom. The molecule has 2 N–H and O–H groups in total. The van der Waals surface area contributed by atoms with Crippen molar-refractivity contribution >= 4 is 21.2 Å². The molecule has 96 valence electrons. The second-order valence-electron chi connectivity index (χ2n) is 4.46. The summed E-state index contributed by atoms with van der Waals surface area (Å²) in [6, 6.07) is 0. The molecule has 0 aliphatic carbocycles. The predicted octanol–water partition coefficient (Wildman–Crippen LogP) is 1.15. The van der Waals surface area contributed by atoms with Crippen LogP contribution in [0.3, 0.4) is 0 Å². The van der Waals surface area contributed by atoms with Gasteiger partial charge in [0.15, 0.2) is 9.84 Å². The van der Waals surface area contributed by atoms with Gasteiger partial charge in [-0.1, -0.05) is 6.42 Å². The summed E-state index contributed by atoms with van der Waals surface area (Å²) in [5.41, 5.74) is 6.45. The van der Waals surface area contributed by atoms with Crippen LogP contribution in [-0.2, 0) is 22.7 Å². The lowest BCUT2D eigenvalue weighted by Gasteiger charge is -2.21. The maximum atomic E-state index is 11.9. The minimum Gasteiger partial charge on any atom is -0.330 e. The minimum absolute atomic E-state index is 0.215. The summed E-state index contributed by atoms with van der Waals surface area (Å²) >= 11 is 1.55. The van der Waals surface area contributed by atoms with Crippen molar-refractivity contribution in [3.05, 3.63) is 16.1 Å².